The number of hydrogen-bond donors (Lipinski definition) is 1. The molecule has 1 aromatic heterocycles. The first-order valence-corrected chi connectivity index (χ1v) is 9.56. The van der Waals surface area contributed by atoms with Crippen LogP contribution in [-0.2, 0) is 0 Å². The van der Waals surface area contributed by atoms with E-state index < -0.39 is 0 Å². The molecule has 2 heterocycles. The molecule has 110 valence electrons. The Kier molecular flexibility index (Phi) is 3.46. The monoisotopic (exact) mass is 316 g/mol. The first kappa shape index (κ1) is 13.6. The van der Waals surface area contributed by atoms with Crippen molar-refractivity contribution in [2.45, 2.75) is 38.1 Å². The summed E-state index contributed by atoms with van der Waals surface area (Å²) in [6.45, 7) is 2.37. The molecule has 1 spiro atoms. The molecule has 0 amide bonds. The van der Waals surface area contributed by atoms with E-state index in [-0.39, 0.29) is 5.54 Å². The van der Waals surface area contributed by atoms with Crippen LogP contribution < -0.4 is 5.32 Å². The molecular weight excluding hydrogens is 296 g/mol. The van der Waals surface area contributed by atoms with Gasteiger partial charge in [0, 0.05) is 16.1 Å². The molecule has 2 aliphatic rings. The zero-order valence-corrected chi connectivity index (χ0v) is 13.9. The van der Waals surface area contributed by atoms with Gasteiger partial charge in [0.15, 0.2) is 5.17 Å². The fraction of sp³-hybridized carbons (Fsp3) is 0.471. The number of rotatable bonds is 1. The van der Waals surface area contributed by atoms with Crippen LogP contribution in [0.25, 0.3) is 10.1 Å². The Bertz CT molecular complexity index is 691. The number of fused-ring (bicyclic) bond motifs is 1. The SMILES string of the molecule is CC1CCCC2(CSC(Nc3ccc4sccc4c3)=N2)C1. The number of nitrogens with one attached hydrogen (secondary N) is 1. The van der Waals surface area contributed by atoms with Crippen LogP contribution in [-0.4, -0.2) is 16.5 Å². The molecule has 21 heavy (non-hydrogen) atoms. The fourth-order valence-electron chi connectivity index (χ4n) is 3.58. The number of thioether (sulfide) groups is 1. The summed E-state index contributed by atoms with van der Waals surface area (Å²) in [5.41, 5.74) is 1.38. The third-order valence-corrected chi connectivity index (χ3v) is 6.63. The zero-order chi connectivity index (χ0) is 14.3. The number of hydrogen-bond acceptors (Lipinski definition) is 4. The second-order valence-electron chi connectivity index (χ2n) is 6.43. The van der Waals surface area contributed by atoms with E-state index in [1.54, 1.807) is 11.3 Å². The second kappa shape index (κ2) is 5.33. The Morgan fingerprint density at radius 1 is 1.33 bits per heavy atom. The first-order chi connectivity index (χ1) is 10.2. The van der Waals surface area contributed by atoms with Crippen molar-refractivity contribution in [3.8, 4) is 0 Å². The smallest absolute Gasteiger partial charge is 0.161 e. The third-order valence-electron chi connectivity index (χ3n) is 4.59. The summed E-state index contributed by atoms with van der Waals surface area (Å²) < 4.78 is 1.35. The lowest BCUT2D eigenvalue weighted by Gasteiger charge is -2.33. The molecule has 0 radical (unpaired) electrons. The number of aliphatic imine (C=N–C) groups is 1. The number of nitrogens with zero attached hydrogens (tertiary/aromatic N) is 1. The van der Waals surface area contributed by atoms with Gasteiger partial charge in [-0.1, -0.05) is 31.5 Å². The summed E-state index contributed by atoms with van der Waals surface area (Å²) in [6, 6.07) is 8.76. The Morgan fingerprint density at radius 2 is 2.29 bits per heavy atom. The molecule has 4 heteroatoms. The van der Waals surface area contributed by atoms with Gasteiger partial charge in [0.2, 0.25) is 0 Å². The van der Waals surface area contributed by atoms with Crippen LogP contribution in [0.15, 0.2) is 34.6 Å². The van der Waals surface area contributed by atoms with Gasteiger partial charge in [-0.05, 0) is 53.8 Å². The lowest BCUT2D eigenvalue weighted by Crippen LogP contribution is -2.33. The maximum Gasteiger partial charge on any atom is 0.161 e. The van der Waals surface area contributed by atoms with E-state index in [1.807, 2.05) is 11.8 Å². The lowest BCUT2D eigenvalue weighted by molar-refractivity contribution is 0.266. The minimum Gasteiger partial charge on any atom is -0.335 e. The van der Waals surface area contributed by atoms with Crippen LogP contribution in [0.2, 0.25) is 0 Å². The largest absolute Gasteiger partial charge is 0.335 e. The lowest BCUT2D eigenvalue weighted by atomic mass is 9.78. The van der Waals surface area contributed by atoms with E-state index in [4.69, 9.17) is 4.99 Å². The van der Waals surface area contributed by atoms with Crippen molar-refractivity contribution in [1.82, 2.24) is 0 Å². The van der Waals surface area contributed by atoms with Crippen molar-refractivity contribution in [3.05, 3.63) is 29.6 Å². The van der Waals surface area contributed by atoms with E-state index in [9.17, 15) is 0 Å². The van der Waals surface area contributed by atoms with Gasteiger partial charge in [-0.25, -0.2) is 0 Å². The molecule has 2 aromatic rings. The molecule has 2 atom stereocenters. The van der Waals surface area contributed by atoms with Crippen LogP contribution in [0.1, 0.15) is 32.6 Å². The van der Waals surface area contributed by atoms with E-state index in [2.05, 4.69) is 41.9 Å². The van der Waals surface area contributed by atoms with Crippen LogP contribution >= 0.6 is 23.1 Å². The van der Waals surface area contributed by atoms with Crippen molar-refractivity contribution < 1.29 is 0 Å². The number of benzene rings is 1. The Morgan fingerprint density at radius 3 is 3.19 bits per heavy atom. The molecule has 0 saturated heterocycles. The second-order valence-corrected chi connectivity index (χ2v) is 8.34. The summed E-state index contributed by atoms with van der Waals surface area (Å²) in [5, 5.41) is 8.10. The molecule has 1 aliphatic heterocycles. The molecule has 4 rings (SSSR count). The molecule has 1 aliphatic carbocycles. The fourth-order valence-corrected chi connectivity index (χ4v) is 5.53. The van der Waals surface area contributed by atoms with Crippen LogP contribution in [0.5, 0.6) is 0 Å². The highest BCUT2D eigenvalue weighted by Crippen LogP contribution is 2.42. The van der Waals surface area contributed by atoms with Gasteiger partial charge in [0.1, 0.15) is 0 Å². The normalized spacial score (nSPS) is 29.0. The minimum atomic E-state index is 0.219. The highest BCUT2D eigenvalue weighted by atomic mass is 32.2. The van der Waals surface area contributed by atoms with Gasteiger partial charge in [0.25, 0.3) is 0 Å². The van der Waals surface area contributed by atoms with Gasteiger partial charge < -0.3 is 5.32 Å². The maximum atomic E-state index is 5.06. The number of thiophene rings is 1. The highest BCUT2D eigenvalue weighted by Gasteiger charge is 2.39. The van der Waals surface area contributed by atoms with E-state index in [0.29, 0.717) is 0 Å². The van der Waals surface area contributed by atoms with Gasteiger partial charge in [-0.2, -0.15) is 0 Å². The summed E-state index contributed by atoms with van der Waals surface area (Å²) in [5.74, 6) is 1.98. The van der Waals surface area contributed by atoms with E-state index in [1.165, 1.54) is 35.8 Å². The highest BCUT2D eigenvalue weighted by molar-refractivity contribution is 8.14. The topological polar surface area (TPSA) is 24.4 Å². The Balaban J connectivity index is 1.54. The van der Waals surface area contributed by atoms with Gasteiger partial charge in [-0.15, -0.1) is 11.3 Å². The quantitative estimate of drug-likeness (QED) is 0.765. The van der Waals surface area contributed by atoms with Crippen molar-refractivity contribution in [2.75, 3.05) is 11.1 Å². The zero-order valence-electron chi connectivity index (χ0n) is 12.3. The summed E-state index contributed by atoms with van der Waals surface area (Å²) >= 11 is 3.69. The predicted octanol–water partition coefficient (Wildman–Crippen LogP) is 5.36. The van der Waals surface area contributed by atoms with E-state index >= 15 is 0 Å². The van der Waals surface area contributed by atoms with Crippen LogP contribution in [0, 0.1) is 5.92 Å². The minimum absolute atomic E-state index is 0.219. The van der Waals surface area contributed by atoms with Gasteiger partial charge in [-0.3, -0.25) is 4.99 Å². The predicted molar refractivity (Wildman–Crippen MR) is 95.7 cm³/mol. The molecule has 2 nitrogen and oxygen atoms in total. The van der Waals surface area contributed by atoms with Gasteiger partial charge in [0.05, 0.1) is 5.54 Å². The molecule has 1 N–H and O–H groups in total. The molecule has 2 unspecified atom stereocenters. The van der Waals surface area contributed by atoms with Crippen LogP contribution in [0.4, 0.5) is 5.69 Å². The third kappa shape index (κ3) is 2.71. The average molecular weight is 316 g/mol. The van der Waals surface area contributed by atoms with Crippen molar-refractivity contribution in [3.63, 3.8) is 0 Å². The van der Waals surface area contributed by atoms with Crippen LogP contribution in [0.3, 0.4) is 0 Å². The molecule has 1 aromatic carbocycles. The van der Waals surface area contributed by atoms with Crippen molar-refractivity contribution >= 4 is 44.0 Å². The van der Waals surface area contributed by atoms with Crippen molar-refractivity contribution in [2.24, 2.45) is 10.9 Å². The van der Waals surface area contributed by atoms with Gasteiger partial charge >= 0.3 is 0 Å². The summed E-state index contributed by atoms with van der Waals surface area (Å²) in [6.07, 6.45) is 5.23. The summed E-state index contributed by atoms with van der Waals surface area (Å²) in [7, 11) is 0. The standard InChI is InChI=1S/C17H20N2S2/c1-12-3-2-7-17(10-12)11-21-16(19-17)18-14-4-5-15-13(9-14)6-8-20-15/h4-6,8-9,12H,2-3,7,10-11H2,1H3,(H,18,19). The number of anilines is 1. The average Bonchev–Trinajstić information content (AvgIpc) is 3.06. The molecule has 1 fully saturated rings. The number of amidine groups is 1. The molecule has 1 saturated carbocycles. The Labute approximate surface area is 134 Å². The van der Waals surface area contributed by atoms with Crippen molar-refractivity contribution in [1.29, 1.82) is 0 Å². The first-order valence-electron chi connectivity index (χ1n) is 7.69. The van der Waals surface area contributed by atoms with E-state index in [0.717, 1.165) is 22.5 Å². The molecule has 0 bridgehead atoms. The Hall–Kier alpha value is -1.00. The summed E-state index contributed by atoms with van der Waals surface area (Å²) in [4.78, 5) is 5.06. The molecular formula is C17H20N2S2. The maximum absolute atomic E-state index is 5.06.